The molecule has 2 saturated heterocycles. The molecule has 2 aromatic rings. The highest BCUT2D eigenvalue weighted by atomic mass is 35.5. The molecule has 1 unspecified atom stereocenters. The number of thiazole rings is 1. The molecule has 1 aromatic carbocycles. The number of hydrogen-bond donors (Lipinski definition) is 0. The number of nitrogens with zero attached hydrogens (tertiary/aromatic N) is 3. The molecule has 1 atom stereocenters. The lowest BCUT2D eigenvalue weighted by Crippen LogP contribution is -2.50. The van der Waals surface area contributed by atoms with Gasteiger partial charge in [0.1, 0.15) is 5.52 Å². The molecule has 1 amide bonds. The van der Waals surface area contributed by atoms with Crippen LogP contribution < -0.4 is 4.90 Å². The van der Waals surface area contributed by atoms with Crippen LogP contribution in [0.15, 0.2) is 18.2 Å². The molecule has 0 saturated carbocycles. The number of rotatable bonds is 2. The Kier molecular flexibility index (Phi) is 4.13. The highest BCUT2D eigenvalue weighted by molar-refractivity contribution is 7.22. The lowest BCUT2D eigenvalue weighted by atomic mass is 10.2. The summed E-state index contributed by atoms with van der Waals surface area (Å²) in [6.45, 7) is 3.58. The molecule has 23 heavy (non-hydrogen) atoms. The van der Waals surface area contributed by atoms with Crippen LogP contribution in [0.25, 0.3) is 10.2 Å². The van der Waals surface area contributed by atoms with Crippen molar-refractivity contribution >= 4 is 44.2 Å². The normalized spacial score (nSPS) is 22.0. The average Bonchev–Trinajstić information content (AvgIpc) is 3.24. The second kappa shape index (κ2) is 6.26. The van der Waals surface area contributed by atoms with Gasteiger partial charge in [0.25, 0.3) is 5.91 Å². The highest BCUT2D eigenvalue weighted by Crippen LogP contribution is 2.33. The molecule has 5 nitrogen and oxygen atoms in total. The second-order valence-electron chi connectivity index (χ2n) is 5.92. The first-order chi connectivity index (χ1) is 11.2. The van der Waals surface area contributed by atoms with Crippen molar-refractivity contribution < 1.29 is 9.53 Å². The van der Waals surface area contributed by atoms with Crippen LogP contribution in [0, 0.1) is 0 Å². The summed E-state index contributed by atoms with van der Waals surface area (Å²) >= 11 is 7.83. The first kappa shape index (κ1) is 15.2. The number of hydrogen-bond acceptors (Lipinski definition) is 5. The number of aromatic nitrogens is 1. The van der Waals surface area contributed by atoms with Crippen molar-refractivity contribution in [3.05, 3.63) is 23.2 Å². The Morgan fingerprint density at radius 2 is 2.13 bits per heavy atom. The van der Waals surface area contributed by atoms with E-state index in [1.165, 1.54) is 0 Å². The smallest absolute Gasteiger partial charge is 0.253 e. The Bertz CT molecular complexity index is 729. The maximum atomic E-state index is 12.5. The van der Waals surface area contributed by atoms with E-state index in [1.807, 2.05) is 23.1 Å². The average molecular weight is 352 g/mol. The molecule has 2 fully saturated rings. The maximum Gasteiger partial charge on any atom is 0.253 e. The van der Waals surface area contributed by atoms with Crippen LogP contribution >= 0.6 is 22.9 Å². The minimum Gasteiger partial charge on any atom is -0.365 e. The summed E-state index contributed by atoms with van der Waals surface area (Å²) in [6, 6.07) is 5.81. The zero-order valence-corrected chi connectivity index (χ0v) is 14.3. The fraction of sp³-hybridized carbons (Fsp3) is 0.500. The third-order valence-corrected chi connectivity index (χ3v) is 5.78. The fourth-order valence-corrected chi connectivity index (χ4v) is 4.45. The molecule has 3 heterocycles. The monoisotopic (exact) mass is 351 g/mol. The minimum absolute atomic E-state index is 0.117. The molecule has 2 aliphatic rings. The van der Waals surface area contributed by atoms with E-state index in [0.29, 0.717) is 18.2 Å². The van der Waals surface area contributed by atoms with Crippen molar-refractivity contribution in [2.75, 3.05) is 37.7 Å². The van der Waals surface area contributed by atoms with Gasteiger partial charge in [0.05, 0.1) is 22.9 Å². The molecule has 1 aromatic heterocycles. The first-order valence-corrected chi connectivity index (χ1v) is 9.12. The topological polar surface area (TPSA) is 45.7 Å². The summed E-state index contributed by atoms with van der Waals surface area (Å²) in [5.41, 5.74) is 0.836. The Hall–Kier alpha value is -1.37. The van der Waals surface area contributed by atoms with E-state index in [0.717, 1.165) is 47.8 Å². The zero-order chi connectivity index (χ0) is 15.8. The van der Waals surface area contributed by atoms with Gasteiger partial charge in [0.2, 0.25) is 0 Å². The number of benzene rings is 1. The molecule has 122 valence electrons. The Balaban J connectivity index is 1.54. The third-order valence-electron chi connectivity index (χ3n) is 4.39. The van der Waals surface area contributed by atoms with E-state index >= 15 is 0 Å². The van der Waals surface area contributed by atoms with Crippen molar-refractivity contribution in [1.82, 2.24) is 9.88 Å². The Labute approximate surface area is 143 Å². The molecular weight excluding hydrogens is 334 g/mol. The van der Waals surface area contributed by atoms with Crippen LogP contribution in [0.4, 0.5) is 5.13 Å². The number of morpholine rings is 1. The molecular formula is C16H18ClN3O2S. The number of ether oxygens (including phenoxy) is 1. The number of carbonyl (C=O) groups excluding carboxylic acids is 1. The molecule has 0 radical (unpaired) electrons. The van der Waals surface area contributed by atoms with Gasteiger partial charge in [-0.1, -0.05) is 29.0 Å². The standard InChI is InChI=1S/C16H18ClN3O2S/c17-11-4-3-5-13-14(11)18-16(23-13)20-8-9-22-12(10-20)15(21)19-6-1-2-7-19/h3-5,12H,1-2,6-10H2. The number of amides is 1. The van der Waals surface area contributed by atoms with E-state index in [1.54, 1.807) is 11.3 Å². The van der Waals surface area contributed by atoms with Crippen molar-refractivity contribution in [1.29, 1.82) is 0 Å². The minimum atomic E-state index is -0.385. The van der Waals surface area contributed by atoms with Crippen LogP contribution in [0.2, 0.25) is 5.02 Å². The lowest BCUT2D eigenvalue weighted by Gasteiger charge is -2.33. The summed E-state index contributed by atoms with van der Waals surface area (Å²) in [5, 5.41) is 1.58. The Morgan fingerprint density at radius 1 is 1.30 bits per heavy atom. The third kappa shape index (κ3) is 2.91. The van der Waals surface area contributed by atoms with Crippen molar-refractivity contribution in [3.63, 3.8) is 0 Å². The number of carbonyl (C=O) groups is 1. The van der Waals surface area contributed by atoms with E-state index < -0.39 is 0 Å². The Morgan fingerprint density at radius 3 is 2.91 bits per heavy atom. The van der Waals surface area contributed by atoms with Gasteiger partial charge in [-0.05, 0) is 25.0 Å². The van der Waals surface area contributed by atoms with Gasteiger partial charge in [-0.3, -0.25) is 4.79 Å². The molecule has 0 aliphatic carbocycles. The van der Waals surface area contributed by atoms with Crippen molar-refractivity contribution in [2.45, 2.75) is 18.9 Å². The molecule has 7 heteroatoms. The summed E-state index contributed by atoms with van der Waals surface area (Å²) in [7, 11) is 0. The van der Waals surface area contributed by atoms with Gasteiger partial charge in [-0.2, -0.15) is 0 Å². The fourth-order valence-electron chi connectivity index (χ4n) is 3.15. The van der Waals surface area contributed by atoms with Gasteiger partial charge in [-0.15, -0.1) is 0 Å². The van der Waals surface area contributed by atoms with Crippen LogP contribution in [-0.2, 0) is 9.53 Å². The predicted molar refractivity (Wildman–Crippen MR) is 92.4 cm³/mol. The molecule has 0 N–H and O–H groups in total. The lowest BCUT2D eigenvalue weighted by molar-refractivity contribution is -0.143. The molecule has 0 bridgehead atoms. The van der Waals surface area contributed by atoms with Gasteiger partial charge in [0.15, 0.2) is 11.2 Å². The summed E-state index contributed by atoms with van der Waals surface area (Å²) in [5.74, 6) is 0.117. The number of likely N-dealkylation sites (tertiary alicyclic amines) is 1. The van der Waals surface area contributed by atoms with E-state index in [4.69, 9.17) is 16.3 Å². The maximum absolute atomic E-state index is 12.5. The quantitative estimate of drug-likeness (QED) is 0.834. The van der Waals surface area contributed by atoms with Gasteiger partial charge >= 0.3 is 0 Å². The zero-order valence-electron chi connectivity index (χ0n) is 12.7. The number of halogens is 1. The van der Waals surface area contributed by atoms with Crippen LogP contribution in [0.1, 0.15) is 12.8 Å². The van der Waals surface area contributed by atoms with Crippen LogP contribution in [0.3, 0.4) is 0 Å². The number of para-hydroxylation sites is 1. The summed E-state index contributed by atoms with van der Waals surface area (Å²) in [6.07, 6.45) is 1.81. The van der Waals surface area contributed by atoms with Crippen LogP contribution in [-0.4, -0.2) is 54.7 Å². The molecule has 0 spiro atoms. The predicted octanol–water partition coefficient (Wildman–Crippen LogP) is 2.78. The largest absolute Gasteiger partial charge is 0.365 e. The number of anilines is 1. The second-order valence-corrected chi connectivity index (χ2v) is 7.34. The summed E-state index contributed by atoms with van der Waals surface area (Å²) in [4.78, 5) is 21.3. The van der Waals surface area contributed by atoms with Gasteiger partial charge < -0.3 is 14.5 Å². The van der Waals surface area contributed by atoms with Crippen LogP contribution in [0.5, 0.6) is 0 Å². The number of fused-ring (bicyclic) bond motifs is 1. The highest BCUT2D eigenvalue weighted by Gasteiger charge is 2.32. The van der Waals surface area contributed by atoms with E-state index in [2.05, 4.69) is 9.88 Å². The first-order valence-electron chi connectivity index (χ1n) is 7.93. The van der Waals surface area contributed by atoms with Gasteiger partial charge in [-0.25, -0.2) is 4.98 Å². The van der Waals surface area contributed by atoms with E-state index in [9.17, 15) is 4.79 Å². The molecule has 2 aliphatic heterocycles. The molecule has 4 rings (SSSR count). The van der Waals surface area contributed by atoms with Crippen molar-refractivity contribution in [3.8, 4) is 0 Å². The summed E-state index contributed by atoms with van der Waals surface area (Å²) < 4.78 is 6.79. The van der Waals surface area contributed by atoms with Gasteiger partial charge in [0, 0.05) is 19.6 Å². The van der Waals surface area contributed by atoms with E-state index in [-0.39, 0.29) is 12.0 Å². The van der Waals surface area contributed by atoms with Crippen molar-refractivity contribution in [2.24, 2.45) is 0 Å². The SMILES string of the molecule is O=C(C1CN(c2nc3c(Cl)cccc3s2)CCO1)N1CCCC1.